The molecule has 0 aliphatic rings. The third kappa shape index (κ3) is 36.6. The molecule has 0 aliphatic heterocycles. The standard InChI is InChI=1S/C53H104N26O10S/c1-7-29(6)39(48(89)71-25-38(80)72-32(14-9-19-67-50(58)59)42(83)73-31(40(55)81)13-8-18-66-49(56)57)79-45(86)35(17-12-22-70-53(64)65)76-47(88)37(24-28(4)5)78-44(85)34(16-11-21-69-52(62)63)75-46(87)36(23-27(2)3)77-43(84)33(15-10-20-68-51(60)61)74-41(82)30(54)26-90/h27-37,39,90H,7-26,54H2,1-6H3,(H2,55,81)(H,71,89)(H,72,80)(H,73,83)(H,74,82)(H,75,87)(H,76,88)(H,77,84)(H,78,85)(H,79,86)(H4,56,57,66)(H4,58,59,67)(H4,60,61,68)(H4,62,63,69)(H4,64,65,70)/t29-,30-,31-,32-,33-,34-,35-,36-,37-,39-/m0/s1. The molecule has 10 amide bonds. The average molecular weight is 1300 g/mol. The highest BCUT2D eigenvalue weighted by Gasteiger charge is 2.36. The van der Waals surface area contributed by atoms with Gasteiger partial charge in [-0.25, -0.2) is 0 Å². The van der Waals surface area contributed by atoms with Crippen LogP contribution in [0.2, 0.25) is 0 Å². The zero-order valence-corrected chi connectivity index (χ0v) is 53.7. The van der Waals surface area contributed by atoms with Gasteiger partial charge in [-0.15, -0.1) is 0 Å². The Bertz CT molecular complexity index is 2460. The number of guanidine groups is 5. The van der Waals surface area contributed by atoms with Crippen molar-refractivity contribution in [2.75, 3.05) is 45.0 Å². The van der Waals surface area contributed by atoms with Crippen molar-refractivity contribution >= 4 is 101 Å². The number of hydrogen-bond donors (Lipinski definition) is 22. The average Bonchev–Trinajstić information content (AvgIpc) is 1.15. The molecule has 0 spiro atoms. The van der Waals surface area contributed by atoms with Crippen LogP contribution in [0.1, 0.15) is 125 Å². The van der Waals surface area contributed by atoms with E-state index < -0.39 is 126 Å². The zero-order valence-electron chi connectivity index (χ0n) is 52.8. The number of thiol groups is 1. The van der Waals surface area contributed by atoms with E-state index in [2.05, 4.69) is 85.4 Å². The molecule has 0 saturated carbocycles. The second-order valence-corrected chi connectivity index (χ2v) is 22.6. The van der Waals surface area contributed by atoms with Gasteiger partial charge in [0.25, 0.3) is 0 Å². The minimum absolute atomic E-state index is 0.0128. The van der Waals surface area contributed by atoms with E-state index in [1.54, 1.807) is 41.5 Å². The van der Waals surface area contributed by atoms with Crippen molar-refractivity contribution in [3.05, 3.63) is 0 Å². The molecule has 36 nitrogen and oxygen atoms in total. The molecule has 10 atom stereocenters. The van der Waals surface area contributed by atoms with Crippen molar-refractivity contribution < 1.29 is 47.9 Å². The second-order valence-electron chi connectivity index (χ2n) is 22.3. The summed E-state index contributed by atoms with van der Waals surface area (Å²) in [6, 6.07) is -11.4. The number of nitrogens with zero attached hydrogens (tertiary/aromatic N) is 5. The van der Waals surface area contributed by atoms with Crippen molar-refractivity contribution in [2.24, 2.45) is 112 Å². The molecule has 0 rings (SSSR count). The first kappa shape index (κ1) is 81.4. The quantitative estimate of drug-likeness (QED) is 0.0116. The maximum atomic E-state index is 14.5. The van der Waals surface area contributed by atoms with Gasteiger partial charge in [-0.1, -0.05) is 48.0 Å². The van der Waals surface area contributed by atoms with Crippen LogP contribution in [0.25, 0.3) is 0 Å². The molecule has 0 fully saturated rings. The van der Waals surface area contributed by atoms with Gasteiger partial charge < -0.3 is 117 Å². The monoisotopic (exact) mass is 1300 g/mol. The lowest BCUT2D eigenvalue weighted by Crippen LogP contribution is -2.60. The van der Waals surface area contributed by atoms with Crippen molar-refractivity contribution in [3.8, 4) is 0 Å². The van der Waals surface area contributed by atoms with Gasteiger partial charge >= 0.3 is 0 Å². The van der Waals surface area contributed by atoms with Crippen LogP contribution in [-0.2, 0) is 47.9 Å². The molecule has 90 heavy (non-hydrogen) atoms. The number of carbonyl (C=O) groups excluding carboxylic acids is 10. The molecule has 0 saturated heterocycles. The van der Waals surface area contributed by atoms with Crippen molar-refractivity contribution in [2.45, 2.75) is 179 Å². The van der Waals surface area contributed by atoms with E-state index in [4.69, 9.17) is 68.8 Å². The summed E-state index contributed by atoms with van der Waals surface area (Å²) < 4.78 is 0. The number of rotatable bonds is 46. The number of primary amides is 1. The second kappa shape index (κ2) is 44.7. The summed E-state index contributed by atoms with van der Waals surface area (Å²) in [4.78, 5) is 158. The van der Waals surface area contributed by atoms with Crippen LogP contribution in [0.5, 0.6) is 0 Å². The van der Waals surface area contributed by atoms with Crippen molar-refractivity contribution in [1.29, 1.82) is 0 Å². The molecule has 0 bridgehead atoms. The molecule has 0 aromatic rings. The molecule has 0 heterocycles. The molecular weight excluding hydrogens is 1190 g/mol. The number of aliphatic imine (C=N–C) groups is 5. The molecule has 0 aromatic carbocycles. The van der Waals surface area contributed by atoms with E-state index in [0.29, 0.717) is 6.42 Å². The topological polar surface area (TPSA) is 653 Å². The fraction of sp³-hybridized carbons (Fsp3) is 0.717. The van der Waals surface area contributed by atoms with E-state index in [9.17, 15) is 47.9 Å². The van der Waals surface area contributed by atoms with Crippen LogP contribution in [0.4, 0.5) is 0 Å². The fourth-order valence-electron chi connectivity index (χ4n) is 8.49. The van der Waals surface area contributed by atoms with Crippen LogP contribution in [0, 0.1) is 17.8 Å². The Kier molecular flexibility index (Phi) is 40.4. The number of nitrogens with two attached hydrogens (primary N) is 12. The maximum absolute atomic E-state index is 14.5. The summed E-state index contributed by atoms with van der Waals surface area (Å²) in [5.74, 6) is -10.1. The third-order valence-electron chi connectivity index (χ3n) is 13.4. The zero-order chi connectivity index (χ0) is 68.6. The SMILES string of the molecule is CC[C@H](C)[C@H](NC(=O)[C@H](CCCN=C(N)N)NC(=O)[C@H](CC(C)C)NC(=O)[C@H](CCCN=C(N)N)NC(=O)[C@H](CC(C)C)NC(=O)[C@H](CCCN=C(N)N)NC(=O)[C@@H](N)CS)C(=O)NCC(=O)N[C@@H](CCCN=C(N)N)C(=O)N[C@@H](CCCN=C(N)N)C(N)=O. The van der Waals surface area contributed by atoms with E-state index in [1.165, 1.54) is 0 Å². The first-order valence-corrected chi connectivity index (χ1v) is 30.5. The molecular formula is C53H104N26O10S. The Labute approximate surface area is 531 Å². The lowest BCUT2D eigenvalue weighted by molar-refractivity contribution is -0.136. The van der Waals surface area contributed by atoms with Gasteiger partial charge in [0, 0.05) is 38.5 Å². The van der Waals surface area contributed by atoms with E-state index in [0.717, 1.165) is 0 Å². The molecule has 0 radical (unpaired) electrons. The molecule has 0 aliphatic carbocycles. The van der Waals surface area contributed by atoms with E-state index in [1.807, 2.05) is 0 Å². The Morgan fingerprint density at radius 3 is 0.956 bits per heavy atom. The largest absolute Gasteiger partial charge is 0.370 e. The highest BCUT2D eigenvalue weighted by atomic mass is 32.1. The summed E-state index contributed by atoms with van der Waals surface area (Å²) in [5.41, 5.74) is 66.3. The molecule has 0 aromatic heterocycles. The first-order chi connectivity index (χ1) is 42.2. The van der Waals surface area contributed by atoms with Crippen molar-refractivity contribution in [1.82, 2.24) is 47.9 Å². The first-order valence-electron chi connectivity index (χ1n) is 29.8. The van der Waals surface area contributed by atoms with Crippen LogP contribution >= 0.6 is 12.6 Å². The Morgan fingerprint density at radius 2 is 0.656 bits per heavy atom. The van der Waals surface area contributed by atoms with Crippen LogP contribution < -0.4 is 117 Å². The van der Waals surface area contributed by atoms with Gasteiger partial charge in [0.2, 0.25) is 59.1 Å². The lowest BCUT2D eigenvalue weighted by atomic mass is 9.97. The van der Waals surface area contributed by atoms with Gasteiger partial charge in [0.15, 0.2) is 29.8 Å². The lowest BCUT2D eigenvalue weighted by Gasteiger charge is -2.29. The highest BCUT2D eigenvalue weighted by Crippen LogP contribution is 2.14. The van der Waals surface area contributed by atoms with Crippen LogP contribution in [0.15, 0.2) is 25.0 Å². The van der Waals surface area contributed by atoms with Crippen LogP contribution in [-0.4, -0.2) is 188 Å². The summed E-state index contributed by atoms with van der Waals surface area (Å²) in [7, 11) is 0. The minimum atomic E-state index is -1.39. The third-order valence-corrected chi connectivity index (χ3v) is 13.8. The summed E-state index contributed by atoms with van der Waals surface area (Å²) in [6.07, 6.45) is 1.29. The Hall–Kier alpha value is -8.64. The Morgan fingerprint density at radius 1 is 0.378 bits per heavy atom. The summed E-state index contributed by atoms with van der Waals surface area (Å²) in [5, 5.41) is 23.7. The van der Waals surface area contributed by atoms with Gasteiger partial charge in [0.05, 0.1) is 12.6 Å². The molecule has 0 unspecified atom stereocenters. The molecule has 33 N–H and O–H groups in total. The number of amides is 10. The predicted molar refractivity (Wildman–Crippen MR) is 347 cm³/mol. The van der Waals surface area contributed by atoms with Crippen molar-refractivity contribution in [3.63, 3.8) is 0 Å². The van der Waals surface area contributed by atoms with E-state index >= 15 is 0 Å². The normalized spacial score (nSPS) is 14.2. The van der Waals surface area contributed by atoms with Gasteiger partial charge in [-0.3, -0.25) is 72.9 Å². The molecule has 37 heteroatoms. The predicted octanol–water partition coefficient (Wildman–Crippen LogP) is -7.87. The highest BCUT2D eigenvalue weighted by molar-refractivity contribution is 7.80. The van der Waals surface area contributed by atoms with Gasteiger partial charge in [-0.05, 0) is 94.8 Å². The number of carbonyl (C=O) groups is 10. The summed E-state index contributed by atoms with van der Waals surface area (Å²) in [6.45, 7) is 10.3. The maximum Gasteiger partial charge on any atom is 0.243 e. The smallest absolute Gasteiger partial charge is 0.243 e. The summed E-state index contributed by atoms with van der Waals surface area (Å²) >= 11 is 4.08. The molecule has 512 valence electrons. The van der Waals surface area contributed by atoms with Crippen LogP contribution in [0.3, 0.4) is 0 Å². The number of nitrogens with one attached hydrogen (secondary N) is 9. The van der Waals surface area contributed by atoms with Gasteiger partial charge in [0.1, 0.15) is 48.3 Å². The number of hydrogen-bond acceptors (Lipinski definition) is 17. The van der Waals surface area contributed by atoms with Gasteiger partial charge in [-0.2, -0.15) is 12.6 Å². The fourth-order valence-corrected chi connectivity index (χ4v) is 8.65. The van der Waals surface area contributed by atoms with E-state index in [-0.39, 0.29) is 157 Å². The minimum Gasteiger partial charge on any atom is -0.370 e. The Balaban J connectivity index is 6.98.